The van der Waals surface area contributed by atoms with Crippen molar-refractivity contribution in [1.82, 2.24) is 9.97 Å². The molecule has 0 atom stereocenters. The zero-order valence-corrected chi connectivity index (χ0v) is 13.8. The number of aromatic nitrogens is 2. The van der Waals surface area contributed by atoms with Crippen molar-refractivity contribution in [1.29, 1.82) is 0 Å². The maximum atomic E-state index is 4.76. The molecule has 108 valence electrons. The van der Waals surface area contributed by atoms with Crippen molar-refractivity contribution in [3.8, 4) is 10.7 Å². The molecule has 0 spiro atoms. The van der Waals surface area contributed by atoms with E-state index < -0.39 is 0 Å². The maximum absolute atomic E-state index is 4.76. The summed E-state index contributed by atoms with van der Waals surface area (Å²) in [6, 6.07) is 6.29. The molecule has 0 saturated carbocycles. The number of nitrogens with zero attached hydrogens (tertiary/aromatic N) is 2. The molecule has 2 aromatic rings. The molecule has 0 fully saturated rings. The van der Waals surface area contributed by atoms with Crippen LogP contribution in [0.25, 0.3) is 10.7 Å². The summed E-state index contributed by atoms with van der Waals surface area (Å²) in [5.41, 5.74) is 1.10. The van der Waals surface area contributed by atoms with Gasteiger partial charge in [-0.15, -0.1) is 11.3 Å². The predicted octanol–water partition coefficient (Wildman–Crippen LogP) is 4.63. The highest BCUT2D eigenvalue weighted by Gasteiger charge is 2.19. The van der Waals surface area contributed by atoms with Gasteiger partial charge in [-0.3, -0.25) is 0 Å². The molecule has 0 aliphatic carbocycles. The number of aryl methyl sites for hydroxylation is 1. The van der Waals surface area contributed by atoms with E-state index in [9.17, 15) is 0 Å². The molecule has 20 heavy (non-hydrogen) atoms. The fraction of sp³-hybridized carbons (Fsp3) is 0.500. The largest absolute Gasteiger partial charge is 0.370 e. The molecule has 0 aliphatic rings. The van der Waals surface area contributed by atoms with Gasteiger partial charge in [0.05, 0.1) is 10.6 Å². The lowest BCUT2D eigenvalue weighted by atomic mass is 9.92. The second kappa shape index (κ2) is 5.92. The summed E-state index contributed by atoms with van der Waals surface area (Å²) in [7, 11) is 0. The molecule has 2 heterocycles. The molecule has 3 nitrogen and oxygen atoms in total. The van der Waals surface area contributed by atoms with E-state index in [0.29, 0.717) is 0 Å². The Morgan fingerprint density at radius 1 is 1.20 bits per heavy atom. The van der Waals surface area contributed by atoms with Crippen molar-refractivity contribution in [2.75, 3.05) is 11.9 Å². The lowest BCUT2D eigenvalue weighted by Gasteiger charge is -2.19. The Kier molecular flexibility index (Phi) is 4.43. The third-order valence-electron chi connectivity index (χ3n) is 3.01. The van der Waals surface area contributed by atoms with Gasteiger partial charge in [-0.05, 0) is 25.5 Å². The Bertz CT molecular complexity index is 582. The average Bonchev–Trinajstić information content (AvgIpc) is 2.82. The van der Waals surface area contributed by atoms with E-state index in [1.807, 2.05) is 0 Å². The number of nitrogens with one attached hydrogen (secondary N) is 1. The third kappa shape index (κ3) is 3.57. The van der Waals surface area contributed by atoms with Gasteiger partial charge < -0.3 is 5.32 Å². The number of rotatable bonds is 4. The monoisotopic (exact) mass is 289 g/mol. The minimum absolute atomic E-state index is 0.0205. The first-order valence-corrected chi connectivity index (χ1v) is 7.92. The van der Waals surface area contributed by atoms with E-state index >= 15 is 0 Å². The average molecular weight is 289 g/mol. The van der Waals surface area contributed by atoms with Gasteiger partial charge in [0.15, 0.2) is 5.82 Å². The minimum atomic E-state index is 0.0205. The molecular weight excluding hydrogens is 266 g/mol. The molecule has 0 aromatic carbocycles. The van der Waals surface area contributed by atoms with Gasteiger partial charge in [-0.25, -0.2) is 9.97 Å². The van der Waals surface area contributed by atoms with Crippen LogP contribution in [0.2, 0.25) is 0 Å². The van der Waals surface area contributed by atoms with Gasteiger partial charge in [0.25, 0.3) is 0 Å². The summed E-state index contributed by atoms with van der Waals surface area (Å²) in [5, 5.41) is 3.38. The van der Waals surface area contributed by atoms with Gasteiger partial charge in [-0.2, -0.15) is 0 Å². The molecule has 4 heteroatoms. The summed E-state index contributed by atoms with van der Waals surface area (Å²) in [4.78, 5) is 11.8. The van der Waals surface area contributed by atoms with Crippen LogP contribution in [0.4, 0.5) is 5.82 Å². The fourth-order valence-electron chi connectivity index (χ4n) is 1.84. The van der Waals surface area contributed by atoms with Crippen LogP contribution < -0.4 is 5.32 Å². The highest BCUT2D eigenvalue weighted by Crippen LogP contribution is 2.29. The van der Waals surface area contributed by atoms with Crippen LogP contribution in [0.3, 0.4) is 0 Å². The molecule has 0 amide bonds. The van der Waals surface area contributed by atoms with Crippen molar-refractivity contribution in [2.45, 2.75) is 46.5 Å². The molecular formula is C16H23N3S. The first-order valence-electron chi connectivity index (χ1n) is 7.10. The van der Waals surface area contributed by atoms with Crippen LogP contribution in [0.5, 0.6) is 0 Å². The lowest BCUT2D eigenvalue weighted by molar-refractivity contribution is 0.568. The van der Waals surface area contributed by atoms with E-state index in [0.717, 1.165) is 35.2 Å². The molecule has 0 radical (unpaired) electrons. The van der Waals surface area contributed by atoms with E-state index in [1.54, 1.807) is 11.3 Å². The van der Waals surface area contributed by atoms with Gasteiger partial charge >= 0.3 is 0 Å². The third-order valence-corrected chi connectivity index (χ3v) is 4.01. The van der Waals surface area contributed by atoms with Gasteiger partial charge in [0.2, 0.25) is 0 Å². The van der Waals surface area contributed by atoms with Gasteiger partial charge in [-0.1, -0.05) is 27.7 Å². The molecule has 0 aliphatic heterocycles. The van der Waals surface area contributed by atoms with Crippen LogP contribution in [0.15, 0.2) is 18.2 Å². The second-order valence-corrected chi connectivity index (χ2v) is 7.34. The summed E-state index contributed by atoms with van der Waals surface area (Å²) >= 11 is 1.74. The number of hydrogen-bond acceptors (Lipinski definition) is 4. The standard InChI is InChI=1S/C16H23N3S/c1-6-9-17-14-10-13(16(3,4)5)18-15(19-14)12-8-7-11(2)20-12/h7-8,10H,6,9H2,1-5H3,(H,17,18,19). The Morgan fingerprint density at radius 2 is 1.95 bits per heavy atom. The van der Waals surface area contributed by atoms with E-state index in [1.165, 1.54) is 4.88 Å². The Balaban J connectivity index is 2.45. The zero-order valence-electron chi connectivity index (χ0n) is 12.9. The van der Waals surface area contributed by atoms with Gasteiger partial charge in [0.1, 0.15) is 5.82 Å². The Labute approximate surface area is 125 Å². The highest BCUT2D eigenvalue weighted by molar-refractivity contribution is 7.15. The second-order valence-electron chi connectivity index (χ2n) is 6.05. The van der Waals surface area contributed by atoms with Crippen LogP contribution in [0.1, 0.15) is 44.7 Å². The highest BCUT2D eigenvalue weighted by atomic mass is 32.1. The first-order chi connectivity index (χ1) is 9.40. The topological polar surface area (TPSA) is 37.8 Å². The summed E-state index contributed by atoms with van der Waals surface area (Å²) < 4.78 is 0. The first kappa shape index (κ1) is 15.0. The van der Waals surface area contributed by atoms with Crippen LogP contribution in [0, 0.1) is 6.92 Å². The van der Waals surface area contributed by atoms with E-state index in [4.69, 9.17) is 4.98 Å². The summed E-state index contributed by atoms with van der Waals surface area (Å²) in [6.07, 6.45) is 1.09. The maximum Gasteiger partial charge on any atom is 0.171 e. The van der Waals surface area contributed by atoms with Crippen molar-refractivity contribution >= 4 is 17.2 Å². The zero-order chi connectivity index (χ0) is 14.8. The Morgan fingerprint density at radius 3 is 2.50 bits per heavy atom. The molecule has 2 rings (SSSR count). The molecule has 0 saturated heterocycles. The molecule has 1 N–H and O–H groups in total. The van der Waals surface area contributed by atoms with E-state index in [-0.39, 0.29) is 5.41 Å². The van der Waals surface area contributed by atoms with Crippen molar-refractivity contribution in [3.05, 3.63) is 28.8 Å². The van der Waals surface area contributed by atoms with Crippen LogP contribution in [-0.2, 0) is 5.41 Å². The van der Waals surface area contributed by atoms with Crippen LogP contribution >= 0.6 is 11.3 Å². The summed E-state index contributed by atoms with van der Waals surface area (Å²) in [5.74, 6) is 1.75. The molecule has 0 unspecified atom stereocenters. The smallest absolute Gasteiger partial charge is 0.171 e. The van der Waals surface area contributed by atoms with Gasteiger partial charge in [0, 0.05) is 22.9 Å². The van der Waals surface area contributed by atoms with Crippen LogP contribution in [-0.4, -0.2) is 16.5 Å². The van der Waals surface area contributed by atoms with E-state index in [2.05, 4.69) is 63.1 Å². The van der Waals surface area contributed by atoms with Crippen molar-refractivity contribution in [3.63, 3.8) is 0 Å². The number of hydrogen-bond donors (Lipinski definition) is 1. The summed E-state index contributed by atoms with van der Waals surface area (Å²) in [6.45, 7) is 11.7. The number of anilines is 1. The fourth-order valence-corrected chi connectivity index (χ4v) is 2.64. The van der Waals surface area contributed by atoms with Crippen molar-refractivity contribution < 1.29 is 0 Å². The quantitative estimate of drug-likeness (QED) is 0.891. The molecule has 2 aromatic heterocycles. The minimum Gasteiger partial charge on any atom is -0.370 e. The predicted molar refractivity (Wildman–Crippen MR) is 87.6 cm³/mol. The molecule has 0 bridgehead atoms. The lowest BCUT2D eigenvalue weighted by Crippen LogP contribution is -2.16. The number of thiophene rings is 1. The normalized spacial score (nSPS) is 11.7. The van der Waals surface area contributed by atoms with Crippen molar-refractivity contribution in [2.24, 2.45) is 0 Å². The SMILES string of the molecule is CCCNc1cc(C(C)(C)C)nc(-c2ccc(C)s2)n1. The Hall–Kier alpha value is -1.42.